The SMILES string of the molecule is CCS(=O)(=O)NC(=O)c1nc(N(CCc2ccc(C#N)cc2)Cc2ccc(OC(F)(F)F)cc2)sc1C. The summed E-state index contributed by atoms with van der Waals surface area (Å²) in [7, 11) is -3.78. The summed E-state index contributed by atoms with van der Waals surface area (Å²) in [6.07, 6.45) is -4.25. The molecule has 3 rings (SSSR count). The Labute approximate surface area is 216 Å². The quantitative estimate of drug-likeness (QED) is 0.393. The van der Waals surface area contributed by atoms with Gasteiger partial charge in [-0.2, -0.15) is 5.26 Å². The smallest absolute Gasteiger partial charge is 0.406 e. The zero-order chi connectivity index (χ0) is 27.2. The maximum Gasteiger partial charge on any atom is 0.573 e. The lowest BCUT2D eigenvalue weighted by Gasteiger charge is -2.22. The second-order valence-electron chi connectivity index (χ2n) is 7.91. The van der Waals surface area contributed by atoms with Crippen LogP contribution in [0.2, 0.25) is 0 Å². The number of amides is 1. The highest BCUT2D eigenvalue weighted by molar-refractivity contribution is 7.90. The van der Waals surface area contributed by atoms with Gasteiger partial charge < -0.3 is 9.64 Å². The van der Waals surface area contributed by atoms with Crippen LogP contribution in [0.3, 0.4) is 0 Å². The van der Waals surface area contributed by atoms with Gasteiger partial charge in [0, 0.05) is 18.0 Å². The predicted octanol–water partition coefficient (Wildman–Crippen LogP) is 4.55. The molecule has 8 nitrogen and oxygen atoms in total. The number of aryl methyl sites for hydroxylation is 1. The number of sulfonamides is 1. The van der Waals surface area contributed by atoms with E-state index in [4.69, 9.17) is 5.26 Å². The van der Waals surface area contributed by atoms with E-state index in [-0.39, 0.29) is 23.7 Å². The van der Waals surface area contributed by atoms with Gasteiger partial charge in [-0.1, -0.05) is 24.3 Å². The molecule has 0 unspecified atom stereocenters. The Hall–Kier alpha value is -3.63. The van der Waals surface area contributed by atoms with E-state index in [1.807, 2.05) is 21.8 Å². The molecule has 37 heavy (non-hydrogen) atoms. The first-order valence-corrected chi connectivity index (χ1v) is 13.5. The minimum atomic E-state index is -4.80. The third kappa shape index (κ3) is 8.19. The van der Waals surface area contributed by atoms with Gasteiger partial charge in [-0.3, -0.25) is 4.79 Å². The highest BCUT2D eigenvalue weighted by atomic mass is 32.2. The third-order valence-electron chi connectivity index (χ3n) is 5.18. The molecule has 1 N–H and O–H groups in total. The molecule has 196 valence electrons. The number of nitrogens with zero attached hydrogens (tertiary/aromatic N) is 3. The van der Waals surface area contributed by atoms with E-state index >= 15 is 0 Å². The van der Waals surface area contributed by atoms with Crippen molar-refractivity contribution in [3.8, 4) is 11.8 Å². The molecule has 0 radical (unpaired) electrons. The molecule has 2 aromatic carbocycles. The molecular formula is C24H23F3N4O4S2. The Balaban J connectivity index is 1.85. The Morgan fingerprint density at radius 2 is 1.76 bits per heavy atom. The summed E-state index contributed by atoms with van der Waals surface area (Å²) < 4.78 is 67.0. The van der Waals surface area contributed by atoms with Crippen LogP contribution in [0, 0.1) is 18.3 Å². The van der Waals surface area contributed by atoms with Crippen molar-refractivity contribution < 1.29 is 31.1 Å². The van der Waals surface area contributed by atoms with Gasteiger partial charge in [0.1, 0.15) is 11.4 Å². The first-order valence-electron chi connectivity index (χ1n) is 11.0. The molecule has 0 aliphatic rings. The van der Waals surface area contributed by atoms with Crippen molar-refractivity contribution in [2.75, 3.05) is 17.2 Å². The Bertz CT molecular complexity index is 1380. The Morgan fingerprint density at radius 1 is 1.14 bits per heavy atom. The number of alkyl halides is 3. The van der Waals surface area contributed by atoms with Crippen LogP contribution in [-0.4, -0.2) is 38.0 Å². The average Bonchev–Trinajstić information content (AvgIpc) is 3.23. The van der Waals surface area contributed by atoms with Gasteiger partial charge in [-0.25, -0.2) is 18.1 Å². The van der Waals surface area contributed by atoms with Crippen molar-refractivity contribution in [3.63, 3.8) is 0 Å². The molecule has 1 amide bonds. The molecule has 0 saturated heterocycles. The number of halogens is 3. The fraction of sp³-hybridized carbons (Fsp3) is 0.292. The Morgan fingerprint density at radius 3 is 2.32 bits per heavy atom. The topological polar surface area (TPSA) is 112 Å². The second kappa shape index (κ2) is 11.6. The third-order valence-corrected chi connectivity index (χ3v) is 7.47. The number of nitrogens with one attached hydrogen (secondary N) is 1. The van der Waals surface area contributed by atoms with Gasteiger partial charge in [0.15, 0.2) is 5.13 Å². The summed E-state index contributed by atoms with van der Waals surface area (Å²) in [5, 5.41) is 9.44. The molecule has 0 aliphatic carbocycles. The molecule has 0 spiro atoms. The van der Waals surface area contributed by atoms with Crippen molar-refractivity contribution in [1.82, 2.24) is 9.71 Å². The molecule has 3 aromatic rings. The number of hydrogen-bond donors (Lipinski definition) is 1. The zero-order valence-electron chi connectivity index (χ0n) is 19.9. The van der Waals surface area contributed by atoms with Crippen molar-refractivity contribution in [3.05, 3.63) is 75.8 Å². The lowest BCUT2D eigenvalue weighted by atomic mass is 10.1. The summed E-state index contributed by atoms with van der Waals surface area (Å²) in [6, 6.07) is 14.5. The number of hydrogen-bond acceptors (Lipinski definition) is 8. The first kappa shape index (κ1) is 27.9. The number of nitriles is 1. The van der Waals surface area contributed by atoms with Crippen LogP contribution in [0.5, 0.6) is 5.75 Å². The van der Waals surface area contributed by atoms with Gasteiger partial charge in [0.2, 0.25) is 10.0 Å². The predicted molar refractivity (Wildman–Crippen MR) is 133 cm³/mol. The van der Waals surface area contributed by atoms with Gasteiger partial charge >= 0.3 is 6.36 Å². The fourth-order valence-electron chi connectivity index (χ4n) is 3.26. The minimum Gasteiger partial charge on any atom is -0.406 e. The molecule has 0 saturated carbocycles. The van der Waals surface area contributed by atoms with E-state index in [1.165, 1.54) is 42.5 Å². The van der Waals surface area contributed by atoms with E-state index in [0.29, 0.717) is 34.1 Å². The fourth-order valence-corrected chi connectivity index (χ4v) is 4.71. The summed E-state index contributed by atoms with van der Waals surface area (Å²) >= 11 is 1.20. The molecule has 0 aliphatic heterocycles. The normalized spacial score (nSPS) is 11.6. The molecule has 0 bridgehead atoms. The first-order chi connectivity index (χ1) is 17.4. The maximum atomic E-state index is 12.5. The number of anilines is 1. The monoisotopic (exact) mass is 552 g/mol. The van der Waals surface area contributed by atoms with E-state index < -0.39 is 22.3 Å². The standard InChI is InChI=1S/C24H23F3N4O4S2/c1-3-37(33,34)30-22(32)21-16(2)36-23(29-21)31(13-12-17-4-6-18(14-28)7-5-17)15-19-8-10-20(11-9-19)35-24(25,26)27/h4-11H,3,12-13,15H2,1-2H3,(H,30,32). The van der Waals surface area contributed by atoms with E-state index in [1.54, 1.807) is 19.1 Å². The molecule has 1 heterocycles. The summed E-state index contributed by atoms with van der Waals surface area (Å²) in [5.41, 5.74) is 2.12. The number of thiazole rings is 1. The van der Waals surface area contributed by atoms with Gasteiger partial charge in [-0.05, 0) is 55.7 Å². The van der Waals surface area contributed by atoms with Crippen molar-refractivity contribution in [1.29, 1.82) is 5.26 Å². The number of aromatic nitrogens is 1. The molecule has 0 atom stereocenters. The van der Waals surface area contributed by atoms with E-state index in [9.17, 15) is 26.4 Å². The van der Waals surface area contributed by atoms with Gasteiger partial charge in [-0.15, -0.1) is 24.5 Å². The van der Waals surface area contributed by atoms with E-state index in [2.05, 4.69) is 15.8 Å². The Kier molecular flexibility index (Phi) is 8.77. The van der Waals surface area contributed by atoms with Crippen LogP contribution >= 0.6 is 11.3 Å². The number of ether oxygens (including phenoxy) is 1. The lowest BCUT2D eigenvalue weighted by Crippen LogP contribution is -2.32. The molecular weight excluding hydrogens is 529 g/mol. The average molecular weight is 553 g/mol. The largest absolute Gasteiger partial charge is 0.573 e. The zero-order valence-corrected chi connectivity index (χ0v) is 21.5. The van der Waals surface area contributed by atoms with Gasteiger partial charge in [0.25, 0.3) is 5.91 Å². The number of rotatable bonds is 10. The van der Waals surface area contributed by atoms with Crippen LogP contribution in [0.1, 0.15) is 39.0 Å². The maximum absolute atomic E-state index is 12.5. The lowest BCUT2D eigenvalue weighted by molar-refractivity contribution is -0.274. The van der Waals surface area contributed by atoms with Crippen molar-refractivity contribution >= 4 is 32.4 Å². The number of carbonyl (C=O) groups is 1. The van der Waals surface area contributed by atoms with Crippen LogP contribution in [-0.2, 0) is 23.0 Å². The van der Waals surface area contributed by atoms with Crippen LogP contribution < -0.4 is 14.4 Å². The summed E-state index contributed by atoms with van der Waals surface area (Å²) in [6.45, 7) is 3.74. The van der Waals surface area contributed by atoms with Crippen LogP contribution in [0.15, 0.2) is 48.5 Å². The van der Waals surface area contributed by atoms with Gasteiger partial charge in [0.05, 0.1) is 17.4 Å². The summed E-state index contributed by atoms with van der Waals surface area (Å²) in [4.78, 5) is 19.3. The minimum absolute atomic E-state index is 0.0191. The van der Waals surface area contributed by atoms with Crippen molar-refractivity contribution in [2.24, 2.45) is 0 Å². The highest BCUT2D eigenvalue weighted by Gasteiger charge is 2.31. The van der Waals surface area contributed by atoms with Crippen LogP contribution in [0.25, 0.3) is 0 Å². The second-order valence-corrected chi connectivity index (χ2v) is 11.1. The molecule has 13 heteroatoms. The van der Waals surface area contributed by atoms with Crippen molar-refractivity contribution in [2.45, 2.75) is 33.2 Å². The number of benzene rings is 2. The molecule has 1 aromatic heterocycles. The highest BCUT2D eigenvalue weighted by Crippen LogP contribution is 2.29. The molecule has 0 fully saturated rings. The van der Waals surface area contributed by atoms with E-state index in [0.717, 1.165) is 5.56 Å². The number of carbonyl (C=O) groups excluding carboxylic acids is 1. The summed E-state index contributed by atoms with van der Waals surface area (Å²) in [5.74, 6) is -1.44. The van der Waals surface area contributed by atoms with Crippen LogP contribution in [0.4, 0.5) is 18.3 Å².